The van der Waals surface area contributed by atoms with Crippen molar-refractivity contribution in [2.75, 3.05) is 13.2 Å². The molecule has 0 bridgehead atoms. The highest BCUT2D eigenvalue weighted by molar-refractivity contribution is 6.32. The van der Waals surface area contributed by atoms with Crippen molar-refractivity contribution in [2.24, 2.45) is 0 Å². The standard InChI is InChI=1S/C24H25ClFNO3/c1-2-29-23-13-18(14-27-15-22(28)19-6-4-3-5-7-19)12-21(25)24(23)30-16-17-8-10-20(26)11-9-17/h3-13,22,27-28H,2,14-16H2,1H3/t22-/m1/s1. The summed E-state index contributed by atoms with van der Waals surface area (Å²) in [6.45, 7) is 3.53. The third-order valence-electron chi connectivity index (χ3n) is 4.52. The molecule has 3 aromatic carbocycles. The first-order chi connectivity index (χ1) is 14.6. The zero-order valence-corrected chi connectivity index (χ0v) is 17.5. The number of hydrogen-bond acceptors (Lipinski definition) is 4. The molecule has 30 heavy (non-hydrogen) atoms. The lowest BCUT2D eigenvalue weighted by atomic mass is 10.1. The van der Waals surface area contributed by atoms with Crippen LogP contribution in [-0.4, -0.2) is 18.3 Å². The first kappa shape index (κ1) is 22.1. The van der Waals surface area contributed by atoms with E-state index in [2.05, 4.69) is 5.32 Å². The Balaban J connectivity index is 1.64. The molecule has 0 radical (unpaired) electrons. The Bertz CT molecular complexity index is 935. The van der Waals surface area contributed by atoms with Gasteiger partial charge in [0.2, 0.25) is 0 Å². The normalized spacial score (nSPS) is 11.9. The van der Waals surface area contributed by atoms with Gasteiger partial charge in [0.15, 0.2) is 11.5 Å². The second-order valence-electron chi connectivity index (χ2n) is 6.81. The fourth-order valence-corrected chi connectivity index (χ4v) is 3.30. The molecule has 2 N–H and O–H groups in total. The predicted octanol–water partition coefficient (Wildman–Crippen LogP) is 5.28. The Labute approximate surface area is 181 Å². The Kier molecular flexibility index (Phi) is 8.08. The number of benzene rings is 3. The van der Waals surface area contributed by atoms with Gasteiger partial charge in [-0.05, 0) is 47.9 Å². The van der Waals surface area contributed by atoms with Crippen LogP contribution in [-0.2, 0) is 13.2 Å². The van der Waals surface area contributed by atoms with Crippen molar-refractivity contribution in [3.8, 4) is 11.5 Å². The fraction of sp³-hybridized carbons (Fsp3) is 0.250. The smallest absolute Gasteiger partial charge is 0.180 e. The average Bonchev–Trinajstić information content (AvgIpc) is 2.75. The van der Waals surface area contributed by atoms with E-state index < -0.39 is 6.10 Å². The lowest BCUT2D eigenvalue weighted by Crippen LogP contribution is -2.21. The van der Waals surface area contributed by atoms with Gasteiger partial charge < -0.3 is 19.9 Å². The summed E-state index contributed by atoms with van der Waals surface area (Å²) in [5, 5.41) is 13.9. The summed E-state index contributed by atoms with van der Waals surface area (Å²) in [5.41, 5.74) is 2.61. The van der Waals surface area contributed by atoms with E-state index in [0.29, 0.717) is 36.2 Å². The molecule has 3 rings (SSSR count). The Morgan fingerprint density at radius 1 is 1.00 bits per heavy atom. The van der Waals surface area contributed by atoms with E-state index in [4.69, 9.17) is 21.1 Å². The van der Waals surface area contributed by atoms with Gasteiger partial charge in [-0.3, -0.25) is 0 Å². The summed E-state index contributed by atoms with van der Waals surface area (Å²) in [4.78, 5) is 0. The van der Waals surface area contributed by atoms with Gasteiger partial charge in [0.1, 0.15) is 12.4 Å². The van der Waals surface area contributed by atoms with Crippen LogP contribution in [0.2, 0.25) is 5.02 Å². The molecule has 0 heterocycles. The highest BCUT2D eigenvalue weighted by Gasteiger charge is 2.14. The van der Waals surface area contributed by atoms with Gasteiger partial charge in [0.05, 0.1) is 17.7 Å². The van der Waals surface area contributed by atoms with Crippen molar-refractivity contribution in [1.29, 1.82) is 0 Å². The van der Waals surface area contributed by atoms with Crippen LogP contribution in [0.25, 0.3) is 0 Å². The average molecular weight is 430 g/mol. The van der Waals surface area contributed by atoms with Gasteiger partial charge >= 0.3 is 0 Å². The predicted molar refractivity (Wildman–Crippen MR) is 116 cm³/mol. The molecule has 0 saturated heterocycles. The molecular weight excluding hydrogens is 405 g/mol. The monoisotopic (exact) mass is 429 g/mol. The minimum absolute atomic E-state index is 0.251. The van der Waals surface area contributed by atoms with Gasteiger partial charge in [0.25, 0.3) is 0 Å². The van der Waals surface area contributed by atoms with Crippen LogP contribution in [0.4, 0.5) is 4.39 Å². The summed E-state index contributed by atoms with van der Waals surface area (Å²) in [7, 11) is 0. The quantitative estimate of drug-likeness (QED) is 0.460. The Morgan fingerprint density at radius 2 is 1.73 bits per heavy atom. The van der Waals surface area contributed by atoms with Crippen LogP contribution in [0.3, 0.4) is 0 Å². The first-order valence-electron chi connectivity index (χ1n) is 9.83. The molecule has 0 aliphatic rings. The summed E-state index contributed by atoms with van der Waals surface area (Å²) >= 11 is 6.46. The van der Waals surface area contributed by atoms with E-state index in [1.54, 1.807) is 12.1 Å². The molecular formula is C24H25ClFNO3. The second kappa shape index (κ2) is 11.0. The largest absolute Gasteiger partial charge is 0.490 e. The number of rotatable bonds is 10. The van der Waals surface area contributed by atoms with Crippen LogP contribution >= 0.6 is 11.6 Å². The number of halogens is 2. The van der Waals surface area contributed by atoms with Gasteiger partial charge in [-0.25, -0.2) is 4.39 Å². The fourth-order valence-electron chi connectivity index (χ4n) is 3.01. The van der Waals surface area contributed by atoms with Crippen LogP contribution in [0.5, 0.6) is 11.5 Å². The maximum Gasteiger partial charge on any atom is 0.180 e. The number of aliphatic hydroxyl groups is 1. The van der Waals surface area contributed by atoms with Crippen molar-refractivity contribution < 1.29 is 19.0 Å². The molecule has 0 unspecified atom stereocenters. The van der Waals surface area contributed by atoms with E-state index in [1.807, 2.05) is 49.4 Å². The summed E-state index contributed by atoms with van der Waals surface area (Å²) in [6.07, 6.45) is -0.591. The molecule has 3 aromatic rings. The van der Waals surface area contributed by atoms with Crippen molar-refractivity contribution in [3.05, 3.63) is 94.3 Å². The van der Waals surface area contributed by atoms with E-state index in [9.17, 15) is 9.50 Å². The number of nitrogens with one attached hydrogen (secondary N) is 1. The molecule has 1 atom stereocenters. The van der Waals surface area contributed by atoms with E-state index in [0.717, 1.165) is 16.7 Å². The lowest BCUT2D eigenvalue weighted by molar-refractivity contribution is 0.174. The maximum absolute atomic E-state index is 13.1. The van der Waals surface area contributed by atoms with Crippen LogP contribution in [0.15, 0.2) is 66.7 Å². The first-order valence-corrected chi connectivity index (χ1v) is 10.2. The van der Waals surface area contributed by atoms with E-state index in [-0.39, 0.29) is 12.4 Å². The highest BCUT2D eigenvalue weighted by Crippen LogP contribution is 2.37. The zero-order valence-electron chi connectivity index (χ0n) is 16.8. The molecule has 0 spiro atoms. The number of aliphatic hydroxyl groups excluding tert-OH is 1. The second-order valence-corrected chi connectivity index (χ2v) is 7.22. The Morgan fingerprint density at radius 3 is 2.43 bits per heavy atom. The molecule has 0 aliphatic carbocycles. The third kappa shape index (κ3) is 6.20. The molecule has 0 aliphatic heterocycles. The Hall–Kier alpha value is -2.60. The van der Waals surface area contributed by atoms with Crippen molar-refractivity contribution in [3.63, 3.8) is 0 Å². The van der Waals surface area contributed by atoms with Crippen molar-refractivity contribution in [1.82, 2.24) is 5.32 Å². The van der Waals surface area contributed by atoms with Crippen LogP contribution in [0.1, 0.15) is 29.7 Å². The van der Waals surface area contributed by atoms with Gasteiger partial charge in [-0.15, -0.1) is 0 Å². The summed E-state index contributed by atoms with van der Waals surface area (Å²) in [6, 6.07) is 19.3. The lowest BCUT2D eigenvalue weighted by Gasteiger charge is -2.16. The van der Waals surface area contributed by atoms with Gasteiger partial charge in [-0.2, -0.15) is 0 Å². The minimum Gasteiger partial charge on any atom is -0.490 e. The molecule has 158 valence electrons. The molecule has 6 heteroatoms. The van der Waals surface area contributed by atoms with Crippen molar-refractivity contribution in [2.45, 2.75) is 26.2 Å². The molecule has 4 nitrogen and oxygen atoms in total. The zero-order chi connectivity index (χ0) is 21.3. The van der Waals surface area contributed by atoms with Crippen molar-refractivity contribution >= 4 is 11.6 Å². The maximum atomic E-state index is 13.1. The van der Waals surface area contributed by atoms with Crippen LogP contribution in [0, 0.1) is 5.82 Å². The number of ether oxygens (including phenoxy) is 2. The SMILES string of the molecule is CCOc1cc(CNC[C@@H](O)c2ccccc2)cc(Cl)c1OCc1ccc(F)cc1. The van der Waals surface area contributed by atoms with E-state index >= 15 is 0 Å². The molecule has 0 fully saturated rings. The topological polar surface area (TPSA) is 50.7 Å². The third-order valence-corrected chi connectivity index (χ3v) is 4.80. The molecule has 0 saturated carbocycles. The van der Waals surface area contributed by atoms with Gasteiger partial charge in [-0.1, -0.05) is 54.1 Å². The molecule has 0 aromatic heterocycles. The van der Waals surface area contributed by atoms with E-state index in [1.165, 1.54) is 12.1 Å². The van der Waals surface area contributed by atoms with Crippen LogP contribution < -0.4 is 14.8 Å². The highest BCUT2D eigenvalue weighted by atomic mass is 35.5. The molecule has 0 amide bonds. The summed E-state index contributed by atoms with van der Waals surface area (Å²) < 4.78 is 24.6. The van der Waals surface area contributed by atoms with Gasteiger partial charge in [0, 0.05) is 13.1 Å². The minimum atomic E-state index is -0.591. The number of hydrogen-bond donors (Lipinski definition) is 2. The summed E-state index contributed by atoms with van der Waals surface area (Å²) in [5.74, 6) is 0.712.